The molecule has 0 amide bonds. The number of benzene rings is 1. The van der Waals surface area contributed by atoms with Crippen LogP contribution in [0.5, 0.6) is 11.5 Å². The predicted molar refractivity (Wildman–Crippen MR) is 78.5 cm³/mol. The van der Waals surface area contributed by atoms with Crippen LogP contribution in [0, 0.1) is 0 Å². The molecule has 0 aliphatic rings. The second-order valence-corrected chi connectivity index (χ2v) is 5.08. The molecule has 0 saturated carbocycles. The summed E-state index contributed by atoms with van der Waals surface area (Å²) in [5.41, 5.74) is 0.933. The van der Waals surface area contributed by atoms with Gasteiger partial charge in [-0.1, -0.05) is 0 Å². The number of hydrogen-bond donors (Lipinski definition) is 0. The highest BCUT2D eigenvalue weighted by molar-refractivity contribution is 7.09. The Bertz CT molecular complexity index is 498. The minimum absolute atomic E-state index is 0.468. The summed E-state index contributed by atoms with van der Waals surface area (Å²) in [6.07, 6.45) is 0.800. The van der Waals surface area contributed by atoms with E-state index in [1.165, 1.54) is 0 Å². The molecule has 3 nitrogen and oxygen atoms in total. The summed E-state index contributed by atoms with van der Waals surface area (Å²) in [6, 6.07) is 7.65. The summed E-state index contributed by atoms with van der Waals surface area (Å²) in [7, 11) is 0. The van der Waals surface area contributed by atoms with Gasteiger partial charge in [0.25, 0.3) is 0 Å². The fourth-order valence-corrected chi connectivity index (χ4v) is 2.59. The molecular formula is C14H16ClNO2S. The standard InChI is InChI=1S/C14H16ClNO2S/c1-2-17-12-3-5-13(6-4-12)18-8-7-14-16-11(9-15)10-19-14/h3-6,10H,2,7-9H2,1H3. The molecular weight excluding hydrogens is 282 g/mol. The molecule has 0 spiro atoms. The van der Waals surface area contributed by atoms with E-state index in [0.29, 0.717) is 19.1 Å². The number of aromatic nitrogens is 1. The Balaban J connectivity index is 1.78. The summed E-state index contributed by atoms with van der Waals surface area (Å²) < 4.78 is 11.0. The molecule has 0 aliphatic heterocycles. The number of halogens is 1. The molecule has 0 saturated heterocycles. The maximum atomic E-state index is 5.71. The first-order valence-electron chi connectivity index (χ1n) is 6.16. The average molecular weight is 298 g/mol. The minimum atomic E-state index is 0.468. The third-order valence-electron chi connectivity index (χ3n) is 2.46. The number of alkyl halides is 1. The highest BCUT2D eigenvalue weighted by atomic mass is 35.5. The number of nitrogens with zero attached hydrogens (tertiary/aromatic N) is 1. The third-order valence-corrected chi connectivity index (χ3v) is 3.69. The highest BCUT2D eigenvalue weighted by Crippen LogP contribution is 2.18. The van der Waals surface area contributed by atoms with Gasteiger partial charge in [-0.3, -0.25) is 0 Å². The molecule has 0 unspecified atom stereocenters. The van der Waals surface area contributed by atoms with Crippen molar-refractivity contribution < 1.29 is 9.47 Å². The van der Waals surface area contributed by atoms with Crippen molar-refractivity contribution in [3.05, 3.63) is 40.3 Å². The lowest BCUT2D eigenvalue weighted by atomic mass is 10.3. The Hall–Kier alpha value is -1.26. The van der Waals surface area contributed by atoms with E-state index >= 15 is 0 Å². The van der Waals surface area contributed by atoms with Crippen molar-refractivity contribution in [1.82, 2.24) is 4.98 Å². The zero-order valence-electron chi connectivity index (χ0n) is 10.8. The minimum Gasteiger partial charge on any atom is -0.494 e. The molecule has 0 fully saturated rings. The molecule has 102 valence electrons. The Kier molecular flexibility index (Phi) is 5.48. The van der Waals surface area contributed by atoms with Crippen LogP contribution in [0.4, 0.5) is 0 Å². The van der Waals surface area contributed by atoms with Crippen LogP contribution in [0.1, 0.15) is 17.6 Å². The van der Waals surface area contributed by atoms with E-state index in [1.807, 2.05) is 36.6 Å². The maximum Gasteiger partial charge on any atom is 0.119 e. The molecule has 0 aliphatic carbocycles. The summed E-state index contributed by atoms with van der Waals surface area (Å²) in [6.45, 7) is 3.25. The van der Waals surface area contributed by atoms with Crippen LogP contribution in [0.25, 0.3) is 0 Å². The van der Waals surface area contributed by atoms with Crippen LogP contribution < -0.4 is 9.47 Å². The van der Waals surface area contributed by atoms with Gasteiger partial charge in [0.2, 0.25) is 0 Å². The van der Waals surface area contributed by atoms with Crippen LogP contribution in [0.3, 0.4) is 0 Å². The third kappa shape index (κ3) is 4.40. The van der Waals surface area contributed by atoms with Crippen LogP contribution in [0.15, 0.2) is 29.6 Å². The van der Waals surface area contributed by atoms with Crippen LogP contribution >= 0.6 is 22.9 Å². The summed E-state index contributed by atoms with van der Waals surface area (Å²) in [5.74, 6) is 2.18. The smallest absolute Gasteiger partial charge is 0.119 e. The largest absolute Gasteiger partial charge is 0.494 e. The molecule has 1 aromatic carbocycles. The molecule has 0 atom stereocenters. The zero-order valence-corrected chi connectivity index (χ0v) is 12.3. The Labute approximate surface area is 122 Å². The zero-order chi connectivity index (χ0) is 13.5. The highest BCUT2D eigenvalue weighted by Gasteiger charge is 2.02. The fraction of sp³-hybridized carbons (Fsp3) is 0.357. The van der Waals surface area contributed by atoms with Gasteiger partial charge in [-0.25, -0.2) is 4.98 Å². The Morgan fingerprint density at radius 3 is 2.42 bits per heavy atom. The lowest BCUT2D eigenvalue weighted by molar-refractivity contribution is 0.318. The lowest BCUT2D eigenvalue weighted by Gasteiger charge is -2.06. The topological polar surface area (TPSA) is 31.4 Å². The second kappa shape index (κ2) is 7.36. The summed E-state index contributed by atoms with van der Waals surface area (Å²) in [5, 5.41) is 3.04. The van der Waals surface area contributed by atoms with Crippen molar-refractivity contribution >= 4 is 22.9 Å². The quantitative estimate of drug-likeness (QED) is 0.726. The van der Waals surface area contributed by atoms with Gasteiger partial charge >= 0.3 is 0 Å². The molecule has 2 aromatic rings. The number of hydrogen-bond acceptors (Lipinski definition) is 4. The molecule has 2 rings (SSSR count). The van der Waals surface area contributed by atoms with Crippen LogP contribution in [0.2, 0.25) is 0 Å². The van der Waals surface area contributed by atoms with Gasteiger partial charge in [0.05, 0.1) is 29.8 Å². The van der Waals surface area contributed by atoms with Gasteiger partial charge in [-0.2, -0.15) is 0 Å². The molecule has 0 N–H and O–H groups in total. The van der Waals surface area contributed by atoms with E-state index in [2.05, 4.69) is 4.98 Å². The maximum absolute atomic E-state index is 5.71. The van der Waals surface area contributed by atoms with Crippen LogP contribution in [-0.2, 0) is 12.3 Å². The second-order valence-electron chi connectivity index (χ2n) is 3.87. The average Bonchev–Trinajstić information content (AvgIpc) is 2.89. The first kappa shape index (κ1) is 14.2. The van der Waals surface area contributed by atoms with E-state index < -0.39 is 0 Å². The molecule has 19 heavy (non-hydrogen) atoms. The lowest BCUT2D eigenvalue weighted by Crippen LogP contribution is -2.01. The Morgan fingerprint density at radius 1 is 1.16 bits per heavy atom. The van der Waals surface area contributed by atoms with Gasteiger partial charge < -0.3 is 9.47 Å². The van der Waals surface area contributed by atoms with Crippen molar-refractivity contribution in [2.75, 3.05) is 13.2 Å². The van der Waals surface area contributed by atoms with Gasteiger partial charge in [0, 0.05) is 11.8 Å². The van der Waals surface area contributed by atoms with Crippen LogP contribution in [-0.4, -0.2) is 18.2 Å². The number of thiazole rings is 1. The van der Waals surface area contributed by atoms with Crippen molar-refractivity contribution in [2.45, 2.75) is 19.2 Å². The van der Waals surface area contributed by atoms with Gasteiger partial charge in [0.1, 0.15) is 11.5 Å². The van der Waals surface area contributed by atoms with Crippen molar-refractivity contribution in [2.24, 2.45) is 0 Å². The number of ether oxygens (including phenoxy) is 2. The van der Waals surface area contributed by atoms with E-state index in [1.54, 1.807) is 11.3 Å². The van der Waals surface area contributed by atoms with E-state index in [4.69, 9.17) is 21.1 Å². The van der Waals surface area contributed by atoms with Gasteiger partial charge in [-0.05, 0) is 31.2 Å². The SMILES string of the molecule is CCOc1ccc(OCCc2nc(CCl)cs2)cc1. The van der Waals surface area contributed by atoms with Gasteiger partial charge in [0.15, 0.2) is 0 Å². The van der Waals surface area contributed by atoms with Crippen molar-refractivity contribution in [3.8, 4) is 11.5 Å². The predicted octanol–water partition coefficient (Wildman–Crippen LogP) is 3.90. The van der Waals surface area contributed by atoms with Gasteiger partial charge in [-0.15, -0.1) is 22.9 Å². The molecule has 0 radical (unpaired) electrons. The Morgan fingerprint density at radius 2 is 1.84 bits per heavy atom. The first-order chi connectivity index (χ1) is 9.31. The van der Waals surface area contributed by atoms with E-state index in [-0.39, 0.29) is 0 Å². The molecule has 1 heterocycles. The van der Waals surface area contributed by atoms with E-state index in [0.717, 1.165) is 28.6 Å². The fourth-order valence-electron chi connectivity index (χ4n) is 1.58. The van der Waals surface area contributed by atoms with E-state index in [9.17, 15) is 0 Å². The van der Waals surface area contributed by atoms with Crippen molar-refractivity contribution in [3.63, 3.8) is 0 Å². The summed E-state index contributed by atoms with van der Waals surface area (Å²) >= 11 is 7.33. The monoisotopic (exact) mass is 297 g/mol. The summed E-state index contributed by atoms with van der Waals surface area (Å²) in [4.78, 5) is 4.38. The molecule has 5 heteroatoms. The number of rotatable bonds is 7. The van der Waals surface area contributed by atoms with Crippen molar-refractivity contribution in [1.29, 1.82) is 0 Å². The molecule has 0 bridgehead atoms. The normalized spacial score (nSPS) is 10.4. The first-order valence-corrected chi connectivity index (χ1v) is 7.58. The molecule has 1 aromatic heterocycles.